The molecule has 0 aliphatic heterocycles. The molecule has 2 saturated carbocycles. The number of carbonyl (C=O) groups is 2. The van der Waals surface area contributed by atoms with E-state index in [-0.39, 0.29) is 36.1 Å². The van der Waals surface area contributed by atoms with Gasteiger partial charge in [-0.1, -0.05) is 6.07 Å². The first-order chi connectivity index (χ1) is 12.1. The predicted molar refractivity (Wildman–Crippen MR) is 86.3 cm³/mol. The summed E-state index contributed by atoms with van der Waals surface area (Å²) in [4.78, 5) is 30.5. The number of halogens is 1. The van der Waals surface area contributed by atoms with E-state index in [1.165, 1.54) is 24.5 Å². The van der Waals surface area contributed by atoms with Gasteiger partial charge >= 0.3 is 0 Å². The molecule has 0 radical (unpaired) electrons. The first-order valence-electron chi connectivity index (χ1n) is 8.42. The fourth-order valence-electron chi connectivity index (χ4n) is 2.66. The van der Waals surface area contributed by atoms with E-state index in [2.05, 4.69) is 10.3 Å². The van der Waals surface area contributed by atoms with E-state index in [1.807, 2.05) is 0 Å². The normalized spacial score (nSPS) is 16.5. The summed E-state index contributed by atoms with van der Waals surface area (Å²) >= 11 is 0. The Hall–Kier alpha value is -2.70. The molecule has 2 aromatic rings. The summed E-state index contributed by atoms with van der Waals surface area (Å²) in [6.45, 7) is 0.163. The third-order valence-electron chi connectivity index (χ3n) is 4.32. The zero-order chi connectivity index (χ0) is 17.4. The van der Waals surface area contributed by atoms with Crippen molar-refractivity contribution in [2.24, 2.45) is 0 Å². The van der Waals surface area contributed by atoms with Crippen LogP contribution in [0.25, 0.3) is 0 Å². The Morgan fingerprint density at radius 1 is 1.28 bits per heavy atom. The van der Waals surface area contributed by atoms with Gasteiger partial charge in [-0.3, -0.25) is 9.59 Å². The second-order valence-corrected chi connectivity index (χ2v) is 6.55. The van der Waals surface area contributed by atoms with Gasteiger partial charge < -0.3 is 14.6 Å². The number of carbonyl (C=O) groups excluding carboxylic acids is 2. The van der Waals surface area contributed by atoms with Crippen LogP contribution in [-0.2, 0) is 6.54 Å². The minimum atomic E-state index is -0.447. The number of nitrogens with one attached hydrogen (secondary N) is 1. The van der Waals surface area contributed by atoms with Crippen molar-refractivity contribution in [3.8, 4) is 0 Å². The number of amides is 2. The number of aromatic nitrogens is 1. The third kappa shape index (κ3) is 3.70. The Kier molecular flexibility index (Phi) is 3.99. The number of benzene rings is 1. The molecule has 7 heteroatoms. The van der Waals surface area contributed by atoms with Crippen molar-refractivity contribution in [2.75, 3.05) is 0 Å². The summed E-state index contributed by atoms with van der Waals surface area (Å²) < 4.78 is 18.8. The van der Waals surface area contributed by atoms with Gasteiger partial charge in [0.05, 0.1) is 6.54 Å². The monoisotopic (exact) mass is 343 g/mol. The van der Waals surface area contributed by atoms with E-state index in [0.717, 1.165) is 25.7 Å². The lowest BCUT2D eigenvalue weighted by atomic mass is 10.2. The fraction of sp³-hybridized carbons (Fsp3) is 0.389. The Morgan fingerprint density at radius 2 is 2.08 bits per heavy atom. The van der Waals surface area contributed by atoms with Gasteiger partial charge in [-0.05, 0) is 43.9 Å². The molecular weight excluding hydrogens is 325 g/mol. The number of hydrogen-bond acceptors (Lipinski definition) is 4. The molecule has 2 fully saturated rings. The SMILES string of the molecule is O=C(NC1CC1)c1coc(CN(C(=O)c2cccc(F)c2)C2CC2)n1. The minimum Gasteiger partial charge on any atom is -0.446 e. The first kappa shape index (κ1) is 15.8. The Balaban J connectivity index is 1.47. The zero-order valence-electron chi connectivity index (χ0n) is 13.6. The number of hydrogen-bond donors (Lipinski definition) is 1. The van der Waals surface area contributed by atoms with Crippen LogP contribution < -0.4 is 5.32 Å². The quantitative estimate of drug-likeness (QED) is 0.874. The molecule has 2 aliphatic rings. The van der Waals surface area contributed by atoms with Crippen LogP contribution in [0.2, 0.25) is 0 Å². The molecule has 6 nitrogen and oxygen atoms in total. The molecule has 1 aromatic heterocycles. The molecule has 0 spiro atoms. The first-order valence-corrected chi connectivity index (χ1v) is 8.42. The van der Waals surface area contributed by atoms with Crippen molar-refractivity contribution in [1.29, 1.82) is 0 Å². The Bertz CT molecular complexity index is 811. The van der Waals surface area contributed by atoms with Crippen molar-refractivity contribution >= 4 is 11.8 Å². The number of nitrogens with zero attached hydrogens (tertiary/aromatic N) is 2. The Morgan fingerprint density at radius 3 is 2.76 bits per heavy atom. The highest BCUT2D eigenvalue weighted by molar-refractivity contribution is 5.94. The van der Waals surface area contributed by atoms with Crippen LogP contribution in [0.1, 0.15) is 52.4 Å². The van der Waals surface area contributed by atoms with Gasteiger partial charge in [-0.15, -0.1) is 0 Å². The molecule has 2 amide bonds. The van der Waals surface area contributed by atoms with E-state index < -0.39 is 5.82 Å². The minimum absolute atomic E-state index is 0.103. The van der Waals surface area contributed by atoms with Crippen LogP contribution in [0.5, 0.6) is 0 Å². The van der Waals surface area contributed by atoms with Crippen molar-refractivity contribution < 1.29 is 18.4 Å². The van der Waals surface area contributed by atoms with Gasteiger partial charge in [0.2, 0.25) is 5.89 Å². The molecule has 1 aromatic carbocycles. The maximum absolute atomic E-state index is 13.4. The van der Waals surface area contributed by atoms with E-state index in [1.54, 1.807) is 11.0 Å². The fourth-order valence-corrected chi connectivity index (χ4v) is 2.66. The summed E-state index contributed by atoms with van der Waals surface area (Å²) in [5.41, 5.74) is 0.515. The summed E-state index contributed by atoms with van der Waals surface area (Å²) in [6.07, 6.45) is 5.10. The summed E-state index contributed by atoms with van der Waals surface area (Å²) in [5, 5.41) is 2.84. The van der Waals surface area contributed by atoms with Crippen LogP contribution in [0.4, 0.5) is 4.39 Å². The molecule has 1 N–H and O–H groups in total. The smallest absolute Gasteiger partial charge is 0.273 e. The third-order valence-corrected chi connectivity index (χ3v) is 4.32. The van der Waals surface area contributed by atoms with Crippen LogP contribution in [-0.4, -0.2) is 33.8 Å². The lowest BCUT2D eigenvalue weighted by Crippen LogP contribution is -2.33. The standard InChI is InChI=1S/C18H18FN3O3/c19-12-3-1-2-11(8-12)18(24)22(14-6-7-14)9-16-21-15(10-25-16)17(23)20-13-4-5-13/h1-3,8,10,13-14H,4-7,9H2,(H,20,23). The second-order valence-electron chi connectivity index (χ2n) is 6.55. The topological polar surface area (TPSA) is 75.4 Å². The van der Waals surface area contributed by atoms with Gasteiger partial charge in [-0.25, -0.2) is 9.37 Å². The predicted octanol–water partition coefficient (Wildman–Crippen LogP) is 2.51. The van der Waals surface area contributed by atoms with Gasteiger partial charge in [0.15, 0.2) is 5.69 Å². The molecular formula is C18H18FN3O3. The van der Waals surface area contributed by atoms with E-state index >= 15 is 0 Å². The lowest BCUT2D eigenvalue weighted by molar-refractivity contribution is 0.0713. The lowest BCUT2D eigenvalue weighted by Gasteiger charge is -2.20. The number of oxazole rings is 1. The molecule has 1 heterocycles. The van der Waals surface area contributed by atoms with Gasteiger partial charge in [0, 0.05) is 17.6 Å². The van der Waals surface area contributed by atoms with E-state index in [4.69, 9.17) is 4.42 Å². The molecule has 0 bridgehead atoms. The van der Waals surface area contributed by atoms with Crippen LogP contribution in [0.3, 0.4) is 0 Å². The van der Waals surface area contributed by atoms with E-state index in [9.17, 15) is 14.0 Å². The van der Waals surface area contributed by atoms with Crippen molar-refractivity contribution in [2.45, 2.75) is 44.3 Å². The average Bonchev–Trinajstić information content (AvgIpc) is 3.53. The van der Waals surface area contributed by atoms with Crippen molar-refractivity contribution in [3.63, 3.8) is 0 Å². The maximum atomic E-state index is 13.4. The molecule has 0 atom stereocenters. The second kappa shape index (κ2) is 6.31. The van der Waals surface area contributed by atoms with Crippen molar-refractivity contribution in [3.05, 3.63) is 53.5 Å². The van der Waals surface area contributed by atoms with Crippen LogP contribution >= 0.6 is 0 Å². The largest absolute Gasteiger partial charge is 0.446 e. The van der Waals surface area contributed by atoms with E-state index in [0.29, 0.717) is 11.5 Å². The van der Waals surface area contributed by atoms with Crippen LogP contribution in [0, 0.1) is 5.82 Å². The highest BCUT2D eigenvalue weighted by atomic mass is 19.1. The summed E-state index contributed by atoms with van der Waals surface area (Å²) in [6, 6.07) is 5.97. The highest BCUT2D eigenvalue weighted by Crippen LogP contribution is 2.30. The van der Waals surface area contributed by atoms with Crippen LogP contribution in [0.15, 0.2) is 34.9 Å². The average molecular weight is 343 g/mol. The highest BCUT2D eigenvalue weighted by Gasteiger charge is 2.34. The Labute approximate surface area is 144 Å². The maximum Gasteiger partial charge on any atom is 0.273 e. The molecule has 2 aliphatic carbocycles. The van der Waals surface area contributed by atoms with Gasteiger partial charge in [-0.2, -0.15) is 0 Å². The summed E-state index contributed by atoms with van der Waals surface area (Å²) in [7, 11) is 0. The van der Waals surface area contributed by atoms with Crippen molar-refractivity contribution in [1.82, 2.24) is 15.2 Å². The molecule has 0 saturated heterocycles. The zero-order valence-corrected chi connectivity index (χ0v) is 13.6. The van der Waals surface area contributed by atoms with Gasteiger partial charge in [0.25, 0.3) is 11.8 Å². The molecule has 4 rings (SSSR count). The number of rotatable bonds is 6. The van der Waals surface area contributed by atoms with Gasteiger partial charge in [0.1, 0.15) is 12.1 Å². The molecule has 130 valence electrons. The molecule has 0 unspecified atom stereocenters. The molecule has 25 heavy (non-hydrogen) atoms. The summed E-state index contributed by atoms with van der Waals surface area (Å²) in [5.74, 6) is -0.662.